The zero-order chi connectivity index (χ0) is 18.4. The predicted octanol–water partition coefficient (Wildman–Crippen LogP) is 2.76. The van der Waals surface area contributed by atoms with Crippen molar-refractivity contribution in [3.05, 3.63) is 47.5 Å². The second-order valence-electron chi connectivity index (χ2n) is 5.27. The van der Waals surface area contributed by atoms with Crippen molar-refractivity contribution in [2.24, 2.45) is 0 Å². The van der Waals surface area contributed by atoms with Crippen LogP contribution >= 0.6 is 0 Å². The minimum atomic E-state index is -4.87. The molecule has 0 bridgehead atoms. The molecule has 0 radical (unpaired) electrons. The fraction of sp³-hybridized carbons (Fsp3) is 0.375. The maximum absolute atomic E-state index is 13.8. The second-order valence-corrected chi connectivity index (χ2v) is 5.27. The SMILES string of the molecule is CCCNCCNC(=O)c1cnn(-c2ccccc2F)c1C(F)(F)F. The molecule has 1 aromatic heterocycles. The number of hydrogen-bond acceptors (Lipinski definition) is 3. The first-order valence-electron chi connectivity index (χ1n) is 7.75. The molecule has 25 heavy (non-hydrogen) atoms. The van der Waals surface area contributed by atoms with Crippen molar-refractivity contribution in [1.29, 1.82) is 0 Å². The number of amides is 1. The third-order valence-electron chi connectivity index (χ3n) is 3.38. The molecule has 0 fully saturated rings. The fourth-order valence-corrected chi connectivity index (χ4v) is 2.25. The van der Waals surface area contributed by atoms with Gasteiger partial charge in [-0.3, -0.25) is 4.79 Å². The number of carbonyl (C=O) groups is 1. The van der Waals surface area contributed by atoms with Gasteiger partial charge in [-0.2, -0.15) is 18.3 Å². The molecule has 5 nitrogen and oxygen atoms in total. The summed E-state index contributed by atoms with van der Waals surface area (Å²) in [5.41, 5.74) is -2.33. The van der Waals surface area contributed by atoms with Crippen molar-refractivity contribution >= 4 is 5.91 Å². The van der Waals surface area contributed by atoms with E-state index in [4.69, 9.17) is 0 Å². The number of halogens is 4. The largest absolute Gasteiger partial charge is 0.434 e. The van der Waals surface area contributed by atoms with Crippen molar-refractivity contribution in [1.82, 2.24) is 20.4 Å². The Morgan fingerprint density at radius 2 is 1.92 bits per heavy atom. The van der Waals surface area contributed by atoms with Crippen LogP contribution in [0.2, 0.25) is 0 Å². The summed E-state index contributed by atoms with van der Waals surface area (Å²) in [4.78, 5) is 12.1. The molecule has 0 atom stereocenters. The molecule has 2 rings (SSSR count). The molecule has 136 valence electrons. The van der Waals surface area contributed by atoms with Crippen LogP contribution < -0.4 is 10.6 Å². The zero-order valence-electron chi connectivity index (χ0n) is 13.5. The Hall–Kier alpha value is -2.42. The highest BCUT2D eigenvalue weighted by atomic mass is 19.4. The molecule has 2 aromatic rings. The maximum Gasteiger partial charge on any atom is 0.434 e. The molecule has 1 amide bonds. The third-order valence-corrected chi connectivity index (χ3v) is 3.38. The first-order chi connectivity index (χ1) is 11.9. The normalized spacial score (nSPS) is 11.6. The van der Waals surface area contributed by atoms with Gasteiger partial charge in [0.15, 0.2) is 5.69 Å². The summed E-state index contributed by atoms with van der Waals surface area (Å²) in [5.74, 6) is -1.78. The number of hydrogen-bond donors (Lipinski definition) is 2. The number of rotatable bonds is 7. The highest BCUT2D eigenvalue weighted by Crippen LogP contribution is 2.34. The molecule has 1 heterocycles. The van der Waals surface area contributed by atoms with E-state index >= 15 is 0 Å². The van der Waals surface area contributed by atoms with E-state index in [0.717, 1.165) is 31.3 Å². The van der Waals surface area contributed by atoms with Gasteiger partial charge in [-0.15, -0.1) is 0 Å². The van der Waals surface area contributed by atoms with Crippen LogP contribution in [0.4, 0.5) is 17.6 Å². The van der Waals surface area contributed by atoms with Gasteiger partial charge in [0, 0.05) is 13.1 Å². The minimum Gasteiger partial charge on any atom is -0.351 e. The number of aromatic nitrogens is 2. The monoisotopic (exact) mass is 358 g/mol. The Morgan fingerprint density at radius 1 is 1.20 bits per heavy atom. The van der Waals surface area contributed by atoms with Gasteiger partial charge in [0.05, 0.1) is 11.8 Å². The van der Waals surface area contributed by atoms with Gasteiger partial charge in [0.25, 0.3) is 5.91 Å². The number of nitrogens with one attached hydrogen (secondary N) is 2. The van der Waals surface area contributed by atoms with E-state index in [1.54, 1.807) is 0 Å². The Labute approximate surface area is 142 Å². The second kappa shape index (κ2) is 8.11. The zero-order valence-corrected chi connectivity index (χ0v) is 13.5. The van der Waals surface area contributed by atoms with Crippen molar-refractivity contribution in [3.63, 3.8) is 0 Å². The molecule has 0 spiro atoms. The van der Waals surface area contributed by atoms with Gasteiger partial charge in [0.2, 0.25) is 0 Å². The minimum absolute atomic E-state index is 0.168. The lowest BCUT2D eigenvalue weighted by atomic mass is 10.2. The molecular weight excluding hydrogens is 340 g/mol. The van der Waals surface area contributed by atoms with Crippen LogP contribution in [0.15, 0.2) is 30.5 Å². The molecule has 0 unspecified atom stereocenters. The molecule has 0 saturated carbocycles. The summed E-state index contributed by atoms with van der Waals surface area (Å²) in [7, 11) is 0. The third kappa shape index (κ3) is 4.56. The smallest absolute Gasteiger partial charge is 0.351 e. The molecule has 0 aliphatic carbocycles. The average molecular weight is 358 g/mol. The van der Waals surface area contributed by atoms with Gasteiger partial charge in [0.1, 0.15) is 11.5 Å². The Balaban J connectivity index is 2.28. The summed E-state index contributed by atoms with van der Waals surface area (Å²) < 4.78 is 54.5. The highest BCUT2D eigenvalue weighted by molar-refractivity contribution is 5.95. The molecule has 1 aromatic carbocycles. The quantitative estimate of drug-likeness (QED) is 0.591. The van der Waals surface area contributed by atoms with E-state index in [-0.39, 0.29) is 12.2 Å². The van der Waals surface area contributed by atoms with Crippen molar-refractivity contribution < 1.29 is 22.4 Å². The fourth-order valence-electron chi connectivity index (χ4n) is 2.25. The summed E-state index contributed by atoms with van der Waals surface area (Å²) in [6.45, 7) is 3.32. The molecule has 9 heteroatoms. The van der Waals surface area contributed by atoms with Gasteiger partial charge < -0.3 is 10.6 Å². The molecule has 0 aliphatic rings. The van der Waals surface area contributed by atoms with E-state index in [1.807, 2.05) is 6.92 Å². The Kier molecular flexibility index (Phi) is 6.13. The first kappa shape index (κ1) is 18.9. The summed E-state index contributed by atoms with van der Waals surface area (Å²) in [6, 6.07) is 4.93. The van der Waals surface area contributed by atoms with Crippen LogP contribution in [0, 0.1) is 5.82 Å². The van der Waals surface area contributed by atoms with E-state index in [2.05, 4.69) is 15.7 Å². The van der Waals surface area contributed by atoms with Gasteiger partial charge in [-0.05, 0) is 25.1 Å². The van der Waals surface area contributed by atoms with Crippen molar-refractivity contribution in [2.45, 2.75) is 19.5 Å². The number of nitrogens with zero attached hydrogens (tertiary/aromatic N) is 2. The Bertz CT molecular complexity index is 727. The van der Waals surface area contributed by atoms with E-state index < -0.39 is 29.2 Å². The summed E-state index contributed by atoms with van der Waals surface area (Å²) in [5, 5.41) is 8.99. The lowest BCUT2D eigenvalue weighted by Gasteiger charge is -2.13. The van der Waals surface area contributed by atoms with Crippen LogP contribution in [-0.4, -0.2) is 35.3 Å². The number of carbonyl (C=O) groups excluding carboxylic acids is 1. The lowest BCUT2D eigenvalue weighted by molar-refractivity contribution is -0.143. The van der Waals surface area contributed by atoms with Gasteiger partial charge >= 0.3 is 6.18 Å². The number of alkyl halides is 3. The summed E-state index contributed by atoms with van der Waals surface area (Å²) >= 11 is 0. The first-order valence-corrected chi connectivity index (χ1v) is 7.75. The summed E-state index contributed by atoms with van der Waals surface area (Å²) in [6.07, 6.45) is -3.17. The maximum atomic E-state index is 13.8. The van der Waals surface area contributed by atoms with Crippen LogP contribution in [0.25, 0.3) is 5.69 Å². The van der Waals surface area contributed by atoms with Gasteiger partial charge in [-0.25, -0.2) is 9.07 Å². The molecular formula is C16H18F4N4O. The average Bonchev–Trinajstić information content (AvgIpc) is 3.00. The van der Waals surface area contributed by atoms with Crippen molar-refractivity contribution in [2.75, 3.05) is 19.6 Å². The van der Waals surface area contributed by atoms with E-state index in [1.165, 1.54) is 12.1 Å². The molecule has 2 N–H and O–H groups in total. The van der Waals surface area contributed by atoms with Crippen LogP contribution in [-0.2, 0) is 6.18 Å². The van der Waals surface area contributed by atoms with Gasteiger partial charge in [-0.1, -0.05) is 19.1 Å². The topological polar surface area (TPSA) is 58.9 Å². The van der Waals surface area contributed by atoms with Crippen molar-refractivity contribution in [3.8, 4) is 5.69 Å². The predicted molar refractivity (Wildman–Crippen MR) is 84.0 cm³/mol. The lowest BCUT2D eigenvalue weighted by Crippen LogP contribution is -2.33. The van der Waals surface area contributed by atoms with Crippen LogP contribution in [0.3, 0.4) is 0 Å². The Morgan fingerprint density at radius 3 is 2.56 bits per heavy atom. The molecule has 0 aliphatic heterocycles. The highest BCUT2D eigenvalue weighted by Gasteiger charge is 2.40. The van der Waals surface area contributed by atoms with Crippen LogP contribution in [0.5, 0.6) is 0 Å². The van der Waals surface area contributed by atoms with E-state index in [0.29, 0.717) is 11.2 Å². The molecule has 0 saturated heterocycles. The number of para-hydroxylation sites is 1. The number of benzene rings is 1. The standard InChI is InChI=1S/C16H18F4N4O/c1-2-7-21-8-9-22-15(25)11-10-23-24(14(11)16(18,19)20)13-6-4-3-5-12(13)17/h3-6,10,21H,2,7-9H2,1H3,(H,22,25). The van der Waals surface area contributed by atoms with E-state index in [9.17, 15) is 22.4 Å². The van der Waals surface area contributed by atoms with Crippen LogP contribution in [0.1, 0.15) is 29.4 Å².